The predicted molar refractivity (Wildman–Crippen MR) is 215 cm³/mol. The molecule has 0 atom stereocenters. The highest BCUT2D eigenvalue weighted by Crippen LogP contribution is 2.52. The molecule has 8 heteroatoms. The third-order valence-electron chi connectivity index (χ3n) is 9.87. The molecule has 1 aliphatic rings. The molecule has 7 aromatic carbocycles. The highest BCUT2D eigenvalue weighted by molar-refractivity contribution is 6.12. The maximum absolute atomic E-state index is 10.9. The van der Waals surface area contributed by atoms with Crippen molar-refractivity contribution in [3.8, 4) is 63.5 Å². The number of para-hydroxylation sites is 4. The number of benzene rings is 7. The number of hydrogen-bond donors (Lipinski definition) is 0. The maximum atomic E-state index is 10.9. The smallest absolute Gasteiger partial charge is 0.164 e. The molecule has 0 N–H and O–H groups in total. The van der Waals surface area contributed by atoms with E-state index in [0.29, 0.717) is 45.6 Å². The number of rotatable bonds is 5. The summed E-state index contributed by atoms with van der Waals surface area (Å²) in [5.41, 5.74) is 7.66. The second-order valence-corrected chi connectivity index (χ2v) is 13.1. The lowest BCUT2D eigenvalue weighted by atomic mass is 10.0. The summed E-state index contributed by atoms with van der Waals surface area (Å²) in [6.07, 6.45) is 0. The van der Waals surface area contributed by atoms with Crippen molar-refractivity contribution in [2.45, 2.75) is 0 Å². The summed E-state index contributed by atoms with van der Waals surface area (Å²) in [6, 6.07) is 58.1. The zero-order valence-corrected chi connectivity index (χ0v) is 29.1. The molecule has 0 amide bonds. The topological polar surface area (TPSA) is 104 Å². The van der Waals surface area contributed by atoms with Crippen molar-refractivity contribution in [2.24, 2.45) is 0 Å². The summed E-state index contributed by atoms with van der Waals surface area (Å²) < 4.78 is 8.59. The molecule has 256 valence electrons. The molecule has 0 saturated carbocycles. The minimum absolute atomic E-state index is 0.305. The highest BCUT2D eigenvalue weighted by atomic mass is 16.5. The summed E-state index contributed by atoms with van der Waals surface area (Å²) >= 11 is 0. The fourth-order valence-electron chi connectivity index (χ4n) is 7.43. The van der Waals surface area contributed by atoms with E-state index in [1.807, 2.05) is 126 Å². The Bertz CT molecular complexity index is 2940. The van der Waals surface area contributed by atoms with Gasteiger partial charge in [-0.15, -0.1) is 0 Å². The molecule has 55 heavy (non-hydrogen) atoms. The third kappa shape index (κ3) is 5.25. The molecule has 0 saturated heterocycles. The monoisotopic (exact) mass is 705 g/mol. The van der Waals surface area contributed by atoms with E-state index in [1.54, 1.807) is 12.1 Å². The Morgan fingerprint density at radius 2 is 1.00 bits per heavy atom. The van der Waals surface area contributed by atoms with Gasteiger partial charge in [0.05, 0.1) is 39.2 Å². The average molecular weight is 706 g/mol. The first-order valence-corrected chi connectivity index (χ1v) is 17.7. The van der Waals surface area contributed by atoms with E-state index < -0.39 is 0 Å². The minimum atomic E-state index is 0.305. The van der Waals surface area contributed by atoms with Crippen molar-refractivity contribution < 1.29 is 4.74 Å². The van der Waals surface area contributed by atoms with Gasteiger partial charge in [0.2, 0.25) is 0 Å². The Balaban J connectivity index is 1.21. The van der Waals surface area contributed by atoms with Gasteiger partial charge in [-0.1, -0.05) is 109 Å². The van der Waals surface area contributed by atoms with E-state index in [4.69, 9.17) is 19.7 Å². The van der Waals surface area contributed by atoms with Crippen LogP contribution in [0.1, 0.15) is 11.1 Å². The molecule has 2 aromatic heterocycles. The first-order valence-electron chi connectivity index (χ1n) is 17.7. The van der Waals surface area contributed by atoms with Crippen LogP contribution in [0.25, 0.3) is 61.7 Å². The van der Waals surface area contributed by atoms with Crippen LogP contribution < -0.4 is 9.64 Å². The van der Waals surface area contributed by atoms with Gasteiger partial charge in [0.15, 0.2) is 29.0 Å². The van der Waals surface area contributed by atoms with Gasteiger partial charge in [0.1, 0.15) is 12.1 Å². The van der Waals surface area contributed by atoms with Crippen LogP contribution in [0.15, 0.2) is 164 Å². The molecule has 1 aliphatic heterocycles. The number of hydrogen-bond acceptors (Lipinski definition) is 7. The molecule has 0 aliphatic carbocycles. The summed E-state index contributed by atoms with van der Waals surface area (Å²) in [5, 5.41) is 23.6. The van der Waals surface area contributed by atoms with E-state index in [-0.39, 0.29) is 0 Å². The SMILES string of the molecule is N#Cc1cc(-c2nc(-c3ccccc3)nc(-c3ccccc3)n2)cc(C#N)c1-n1c2ccccc2c2cc3c(cc21)N(c1ccccc1)c1ccccc1O3. The highest BCUT2D eigenvalue weighted by Gasteiger charge is 2.29. The molecule has 0 bridgehead atoms. The number of anilines is 3. The van der Waals surface area contributed by atoms with E-state index in [0.717, 1.165) is 55.7 Å². The fraction of sp³-hybridized carbons (Fsp3) is 0. The quantitative estimate of drug-likeness (QED) is 0.175. The Hall–Kier alpha value is -8.07. The van der Waals surface area contributed by atoms with Crippen LogP contribution >= 0.6 is 0 Å². The summed E-state index contributed by atoms with van der Waals surface area (Å²) in [6.45, 7) is 0. The Labute approximate surface area is 316 Å². The number of ether oxygens (including phenoxy) is 1. The van der Waals surface area contributed by atoms with Gasteiger partial charge in [-0.3, -0.25) is 0 Å². The van der Waals surface area contributed by atoms with Crippen LogP contribution in [-0.4, -0.2) is 19.5 Å². The van der Waals surface area contributed by atoms with Gasteiger partial charge in [0, 0.05) is 33.2 Å². The number of nitrogens with zero attached hydrogens (tertiary/aromatic N) is 7. The third-order valence-corrected chi connectivity index (χ3v) is 9.87. The Kier molecular flexibility index (Phi) is 7.40. The normalized spacial score (nSPS) is 11.7. The molecular formula is C47H27N7O. The number of aromatic nitrogens is 4. The average Bonchev–Trinajstić information content (AvgIpc) is 3.57. The van der Waals surface area contributed by atoms with Crippen molar-refractivity contribution in [1.29, 1.82) is 10.5 Å². The lowest BCUT2D eigenvalue weighted by Gasteiger charge is -2.33. The molecule has 0 unspecified atom stereocenters. The van der Waals surface area contributed by atoms with Crippen molar-refractivity contribution >= 4 is 38.9 Å². The predicted octanol–water partition coefficient (Wildman–Crippen LogP) is 11.3. The van der Waals surface area contributed by atoms with Crippen molar-refractivity contribution in [3.05, 3.63) is 175 Å². The summed E-state index contributed by atoms with van der Waals surface area (Å²) in [7, 11) is 0. The van der Waals surface area contributed by atoms with Gasteiger partial charge in [-0.05, 0) is 54.6 Å². The largest absolute Gasteiger partial charge is 0.453 e. The first-order chi connectivity index (χ1) is 27.2. The molecule has 8 nitrogen and oxygen atoms in total. The molecule has 3 heterocycles. The van der Waals surface area contributed by atoms with E-state index in [9.17, 15) is 10.5 Å². The number of fused-ring (bicyclic) bond motifs is 5. The van der Waals surface area contributed by atoms with Crippen LogP contribution in [-0.2, 0) is 0 Å². The molecule has 0 spiro atoms. The second-order valence-electron chi connectivity index (χ2n) is 13.1. The maximum Gasteiger partial charge on any atom is 0.164 e. The molecule has 10 rings (SSSR count). The zero-order valence-electron chi connectivity index (χ0n) is 29.1. The van der Waals surface area contributed by atoms with Gasteiger partial charge >= 0.3 is 0 Å². The lowest BCUT2D eigenvalue weighted by Crippen LogP contribution is -2.15. The van der Waals surface area contributed by atoms with Crippen LogP contribution in [0.4, 0.5) is 17.1 Å². The van der Waals surface area contributed by atoms with Crippen molar-refractivity contribution in [2.75, 3.05) is 4.90 Å². The Morgan fingerprint density at radius 1 is 0.455 bits per heavy atom. The standard InChI is InChI=1S/C47H27N7O/c48-28-33-24-32(47-51-45(30-14-4-1-5-15-30)50-46(52-47)31-16-6-2-7-17-31)25-34(29-49)44(33)54-38-21-11-10-20-36(38)37-26-43-41(27-40(37)54)53(35-18-8-3-9-19-35)39-22-12-13-23-42(39)55-43/h1-27H. The lowest BCUT2D eigenvalue weighted by molar-refractivity contribution is 0.478. The zero-order chi connectivity index (χ0) is 36.9. The van der Waals surface area contributed by atoms with Crippen molar-refractivity contribution in [1.82, 2.24) is 19.5 Å². The van der Waals surface area contributed by atoms with Crippen LogP contribution in [0, 0.1) is 22.7 Å². The summed E-state index contributed by atoms with van der Waals surface area (Å²) in [5.74, 6) is 2.79. The molecule has 0 radical (unpaired) electrons. The van der Waals surface area contributed by atoms with Gasteiger partial charge in [-0.25, -0.2) is 15.0 Å². The van der Waals surface area contributed by atoms with Gasteiger partial charge in [-0.2, -0.15) is 10.5 Å². The first kappa shape index (κ1) is 31.6. The van der Waals surface area contributed by atoms with Gasteiger partial charge < -0.3 is 14.2 Å². The summed E-state index contributed by atoms with van der Waals surface area (Å²) in [4.78, 5) is 16.8. The van der Waals surface area contributed by atoms with E-state index >= 15 is 0 Å². The minimum Gasteiger partial charge on any atom is -0.453 e. The Morgan fingerprint density at radius 3 is 1.64 bits per heavy atom. The fourth-order valence-corrected chi connectivity index (χ4v) is 7.43. The molecular weight excluding hydrogens is 679 g/mol. The van der Waals surface area contributed by atoms with Gasteiger partial charge in [0.25, 0.3) is 0 Å². The van der Waals surface area contributed by atoms with Crippen molar-refractivity contribution in [3.63, 3.8) is 0 Å². The molecule has 0 fully saturated rings. The molecule has 9 aromatic rings. The van der Waals surface area contributed by atoms with Crippen LogP contribution in [0.5, 0.6) is 11.5 Å². The van der Waals surface area contributed by atoms with E-state index in [1.165, 1.54) is 0 Å². The van der Waals surface area contributed by atoms with E-state index in [2.05, 4.69) is 47.4 Å². The van der Waals surface area contributed by atoms with Crippen LogP contribution in [0.2, 0.25) is 0 Å². The number of nitriles is 2. The second kappa shape index (κ2) is 12.9. The van der Waals surface area contributed by atoms with Crippen LogP contribution in [0.3, 0.4) is 0 Å².